The van der Waals surface area contributed by atoms with E-state index in [-0.39, 0.29) is 0 Å². The monoisotopic (exact) mass is 253 g/mol. The minimum absolute atomic E-state index is 0.709. The van der Waals surface area contributed by atoms with Crippen LogP contribution in [0.25, 0.3) is 0 Å². The third-order valence-electron chi connectivity index (χ3n) is 3.43. The van der Waals surface area contributed by atoms with Gasteiger partial charge in [0.15, 0.2) is 0 Å². The van der Waals surface area contributed by atoms with Crippen molar-refractivity contribution < 1.29 is 0 Å². The van der Waals surface area contributed by atoms with Crippen LogP contribution in [-0.2, 0) is 6.42 Å². The molecule has 0 fully saturated rings. The van der Waals surface area contributed by atoms with E-state index in [1.54, 1.807) is 0 Å². The molecule has 0 aliphatic heterocycles. The summed E-state index contributed by atoms with van der Waals surface area (Å²) in [4.78, 5) is 0. The molecule has 1 aromatic rings. The van der Waals surface area contributed by atoms with Crippen molar-refractivity contribution in [2.75, 3.05) is 13.6 Å². The zero-order valence-corrected chi connectivity index (χ0v) is 11.9. The standard InChI is InChI=1S/C15H24ClN/c1-4-5-12(2)14(11-17-3)10-13-6-8-15(16)9-7-13/h6-9,12,14,17H,4-5,10-11H2,1-3H3. The molecule has 0 aromatic heterocycles. The largest absolute Gasteiger partial charge is 0.319 e. The van der Waals surface area contributed by atoms with E-state index in [9.17, 15) is 0 Å². The fourth-order valence-electron chi connectivity index (χ4n) is 2.35. The smallest absolute Gasteiger partial charge is 0.0406 e. The first-order chi connectivity index (χ1) is 8.17. The predicted octanol–water partition coefficient (Wildman–Crippen LogP) is 4.15. The van der Waals surface area contributed by atoms with Crippen LogP contribution >= 0.6 is 11.6 Å². The molecule has 0 saturated carbocycles. The normalized spacial score (nSPS) is 14.6. The molecule has 2 atom stereocenters. The highest BCUT2D eigenvalue weighted by Crippen LogP contribution is 2.22. The number of hydrogen-bond acceptors (Lipinski definition) is 1. The fourth-order valence-corrected chi connectivity index (χ4v) is 2.48. The SMILES string of the molecule is CCCC(C)C(CNC)Cc1ccc(Cl)cc1. The molecule has 0 spiro atoms. The van der Waals surface area contributed by atoms with Crippen LogP contribution in [0.5, 0.6) is 0 Å². The van der Waals surface area contributed by atoms with Crippen molar-refractivity contribution in [3.8, 4) is 0 Å². The Labute approximate surface area is 111 Å². The molecular formula is C15H24ClN. The van der Waals surface area contributed by atoms with Crippen LogP contribution in [0.3, 0.4) is 0 Å². The maximum atomic E-state index is 5.91. The molecule has 0 heterocycles. The van der Waals surface area contributed by atoms with Crippen molar-refractivity contribution in [3.05, 3.63) is 34.9 Å². The summed E-state index contributed by atoms with van der Waals surface area (Å²) >= 11 is 5.91. The Bertz CT molecular complexity index is 307. The Morgan fingerprint density at radius 3 is 2.41 bits per heavy atom. The van der Waals surface area contributed by atoms with Gasteiger partial charge in [-0.25, -0.2) is 0 Å². The number of hydrogen-bond donors (Lipinski definition) is 1. The van der Waals surface area contributed by atoms with Crippen molar-refractivity contribution in [1.82, 2.24) is 5.32 Å². The molecule has 1 nitrogen and oxygen atoms in total. The number of rotatable bonds is 7. The molecule has 0 bridgehead atoms. The summed E-state index contributed by atoms with van der Waals surface area (Å²) in [6.45, 7) is 5.71. The van der Waals surface area contributed by atoms with Crippen molar-refractivity contribution in [2.24, 2.45) is 11.8 Å². The van der Waals surface area contributed by atoms with Gasteiger partial charge in [-0.1, -0.05) is 50.4 Å². The summed E-state index contributed by atoms with van der Waals surface area (Å²) in [6.07, 6.45) is 3.71. The molecule has 1 N–H and O–H groups in total. The molecule has 17 heavy (non-hydrogen) atoms. The summed E-state index contributed by atoms with van der Waals surface area (Å²) in [5, 5.41) is 4.13. The van der Waals surface area contributed by atoms with Crippen LogP contribution in [0.2, 0.25) is 5.02 Å². The van der Waals surface area contributed by atoms with Crippen molar-refractivity contribution in [1.29, 1.82) is 0 Å². The Kier molecular flexibility index (Phi) is 6.61. The van der Waals surface area contributed by atoms with Gasteiger partial charge < -0.3 is 5.32 Å². The van der Waals surface area contributed by atoms with E-state index >= 15 is 0 Å². The lowest BCUT2D eigenvalue weighted by Crippen LogP contribution is -2.26. The molecule has 2 unspecified atom stereocenters. The number of nitrogens with one attached hydrogen (secondary N) is 1. The highest BCUT2D eigenvalue weighted by atomic mass is 35.5. The number of halogens is 1. The minimum Gasteiger partial charge on any atom is -0.319 e. The highest BCUT2D eigenvalue weighted by Gasteiger charge is 2.16. The van der Waals surface area contributed by atoms with Gasteiger partial charge in [-0.3, -0.25) is 0 Å². The molecule has 0 saturated heterocycles. The molecule has 1 aromatic carbocycles. The first kappa shape index (κ1) is 14.5. The molecule has 96 valence electrons. The Morgan fingerprint density at radius 2 is 1.88 bits per heavy atom. The third kappa shape index (κ3) is 5.10. The van der Waals surface area contributed by atoms with E-state index in [0.29, 0.717) is 5.92 Å². The van der Waals surface area contributed by atoms with Crippen LogP contribution < -0.4 is 5.32 Å². The average molecular weight is 254 g/mol. The first-order valence-corrected chi connectivity index (χ1v) is 6.94. The number of benzene rings is 1. The Morgan fingerprint density at radius 1 is 1.24 bits per heavy atom. The maximum Gasteiger partial charge on any atom is 0.0406 e. The second-order valence-corrected chi connectivity index (χ2v) is 5.35. The van der Waals surface area contributed by atoms with Crippen LogP contribution in [0.1, 0.15) is 32.3 Å². The second kappa shape index (κ2) is 7.73. The first-order valence-electron chi connectivity index (χ1n) is 6.56. The van der Waals surface area contributed by atoms with E-state index < -0.39 is 0 Å². The lowest BCUT2D eigenvalue weighted by molar-refractivity contribution is 0.325. The van der Waals surface area contributed by atoms with Crippen molar-refractivity contribution >= 4 is 11.6 Å². The maximum absolute atomic E-state index is 5.91. The Balaban J connectivity index is 2.62. The summed E-state index contributed by atoms with van der Waals surface area (Å²) < 4.78 is 0. The predicted molar refractivity (Wildman–Crippen MR) is 76.6 cm³/mol. The van der Waals surface area contributed by atoms with E-state index in [0.717, 1.165) is 23.9 Å². The van der Waals surface area contributed by atoms with E-state index in [4.69, 9.17) is 11.6 Å². The van der Waals surface area contributed by atoms with Crippen molar-refractivity contribution in [2.45, 2.75) is 33.1 Å². The van der Waals surface area contributed by atoms with Gasteiger partial charge in [-0.15, -0.1) is 0 Å². The van der Waals surface area contributed by atoms with Gasteiger partial charge in [0.25, 0.3) is 0 Å². The summed E-state index contributed by atoms with van der Waals surface area (Å²) in [6, 6.07) is 8.25. The quantitative estimate of drug-likeness (QED) is 0.770. The van der Waals surface area contributed by atoms with Gasteiger partial charge in [0.2, 0.25) is 0 Å². The van der Waals surface area contributed by atoms with Crippen LogP contribution in [0.4, 0.5) is 0 Å². The molecule has 0 radical (unpaired) electrons. The van der Waals surface area contributed by atoms with Crippen molar-refractivity contribution in [3.63, 3.8) is 0 Å². The molecule has 0 aliphatic carbocycles. The molecule has 1 rings (SSSR count). The van der Waals surface area contributed by atoms with Gasteiger partial charge in [-0.2, -0.15) is 0 Å². The van der Waals surface area contributed by atoms with Gasteiger partial charge in [0, 0.05) is 5.02 Å². The molecular weight excluding hydrogens is 230 g/mol. The zero-order valence-electron chi connectivity index (χ0n) is 11.2. The summed E-state index contributed by atoms with van der Waals surface area (Å²) in [5.41, 5.74) is 1.39. The minimum atomic E-state index is 0.709. The lowest BCUT2D eigenvalue weighted by Gasteiger charge is -2.23. The highest BCUT2D eigenvalue weighted by molar-refractivity contribution is 6.30. The fraction of sp³-hybridized carbons (Fsp3) is 0.600. The van der Waals surface area contributed by atoms with Gasteiger partial charge in [-0.05, 0) is 49.5 Å². The van der Waals surface area contributed by atoms with Gasteiger partial charge in [0.1, 0.15) is 0 Å². The topological polar surface area (TPSA) is 12.0 Å². The second-order valence-electron chi connectivity index (χ2n) is 4.91. The summed E-state index contributed by atoms with van der Waals surface area (Å²) in [7, 11) is 2.04. The summed E-state index contributed by atoms with van der Waals surface area (Å²) in [5.74, 6) is 1.48. The Hall–Kier alpha value is -0.530. The van der Waals surface area contributed by atoms with E-state index in [2.05, 4.69) is 31.3 Å². The van der Waals surface area contributed by atoms with Gasteiger partial charge >= 0.3 is 0 Å². The van der Waals surface area contributed by atoms with E-state index in [1.807, 2.05) is 19.2 Å². The third-order valence-corrected chi connectivity index (χ3v) is 3.68. The van der Waals surface area contributed by atoms with Crippen LogP contribution in [0, 0.1) is 11.8 Å². The molecule has 0 aliphatic rings. The molecule has 2 heteroatoms. The van der Waals surface area contributed by atoms with Gasteiger partial charge in [0.05, 0.1) is 0 Å². The average Bonchev–Trinajstić information content (AvgIpc) is 2.31. The van der Waals surface area contributed by atoms with Crippen LogP contribution in [0.15, 0.2) is 24.3 Å². The zero-order chi connectivity index (χ0) is 12.7. The van der Waals surface area contributed by atoms with E-state index in [1.165, 1.54) is 18.4 Å². The lowest BCUT2D eigenvalue weighted by atomic mass is 9.85. The van der Waals surface area contributed by atoms with Crippen LogP contribution in [-0.4, -0.2) is 13.6 Å². The molecule has 0 amide bonds.